The lowest BCUT2D eigenvalue weighted by Crippen LogP contribution is -2.06. The van der Waals surface area contributed by atoms with Crippen LogP contribution in [0.2, 0.25) is 0 Å². The maximum absolute atomic E-state index is 12.7. The third-order valence-electron chi connectivity index (χ3n) is 3.56. The summed E-state index contributed by atoms with van der Waals surface area (Å²) < 4.78 is 23.1. The maximum Gasteiger partial charge on any atom is 0.213 e. The Morgan fingerprint density at radius 2 is 1.71 bits per heavy atom. The Labute approximate surface area is 140 Å². The van der Waals surface area contributed by atoms with Gasteiger partial charge in [-0.2, -0.15) is 0 Å². The highest BCUT2D eigenvalue weighted by Gasteiger charge is 2.16. The number of nitrogens with zero attached hydrogens (tertiary/aromatic N) is 2. The number of hydrogen-bond donors (Lipinski definition) is 0. The van der Waals surface area contributed by atoms with Crippen molar-refractivity contribution in [1.29, 1.82) is 0 Å². The molecule has 120 valence electrons. The highest BCUT2D eigenvalue weighted by atomic mass is 32.2. The van der Waals surface area contributed by atoms with Gasteiger partial charge in [-0.3, -0.25) is 14.8 Å². The predicted molar refractivity (Wildman–Crippen MR) is 90.5 cm³/mol. The van der Waals surface area contributed by atoms with Gasteiger partial charge in [-0.1, -0.05) is 18.2 Å². The summed E-state index contributed by atoms with van der Waals surface area (Å²) in [7, 11) is -3.26. The summed E-state index contributed by atoms with van der Waals surface area (Å²) >= 11 is 0. The lowest BCUT2D eigenvalue weighted by molar-refractivity contribution is 0.103. The molecule has 3 rings (SSSR count). The summed E-state index contributed by atoms with van der Waals surface area (Å²) in [4.78, 5) is 21.0. The normalized spacial score (nSPS) is 11.2. The molecule has 0 aliphatic carbocycles. The largest absolute Gasteiger partial charge is 0.287 e. The first-order chi connectivity index (χ1) is 11.5. The van der Waals surface area contributed by atoms with Crippen LogP contribution in [0, 0.1) is 0 Å². The van der Waals surface area contributed by atoms with Crippen LogP contribution in [0.4, 0.5) is 0 Å². The van der Waals surface area contributed by atoms with Gasteiger partial charge in [0.15, 0.2) is 9.84 Å². The van der Waals surface area contributed by atoms with Crippen LogP contribution in [-0.4, -0.2) is 30.4 Å². The van der Waals surface area contributed by atoms with Gasteiger partial charge in [0.25, 0.3) is 0 Å². The Morgan fingerprint density at radius 1 is 0.958 bits per heavy atom. The van der Waals surface area contributed by atoms with Gasteiger partial charge in [-0.15, -0.1) is 0 Å². The molecule has 5 nitrogen and oxygen atoms in total. The van der Waals surface area contributed by atoms with E-state index in [0.717, 1.165) is 11.8 Å². The lowest BCUT2D eigenvalue weighted by atomic mass is 9.98. The molecule has 0 fully saturated rings. The molecule has 0 unspecified atom stereocenters. The zero-order valence-electron chi connectivity index (χ0n) is 12.9. The Morgan fingerprint density at radius 3 is 2.33 bits per heavy atom. The Bertz CT molecular complexity index is 982. The number of carbonyl (C=O) groups excluding carboxylic acids is 1. The Kier molecular flexibility index (Phi) is 4.22. The standard InChI is InChI=1S/C18H14N2O3S/c1-24(22,23)14-7-5-13(6-8-14)15-9-11-19-12-16(15)18(21)17-4-2-3-10-20-17/h2-12H,1H3. The number of sulfone groups is 1. The third-order valence-corrected chi connectivity index (χ3v) is 4.69. The molecule has 0 N–H and O–H groups in total. The van der Waals surface area contributed by atoms with Crippen molar-refractivity contribution in [3.05, 3.63) is 78.4 Å². The van der Waals surface area contributed by atoms with E-state index < -0.39 is 9.84 Å². The van der Waals surface area contributed by atoms with Crippen LogP contribution in [0.1, 0.15) is 16.1 Å². The molecule has 1 aromatic carbocycles. The van der Waals surface area contributed by atoms with Crippen LogP contribution >= 0.6 is 0 Å². The minimum atomic E-state index is -3.26. The fraction of sp³-hybridized carbons (Fsp3) is 0.0556. The topological polar surface area (TPSA) is 77.0 Å². The van der Waals surface area contributed by atoms with E-state index in [2.05, 4.69) is 9.97 Å². The highest BCUT2D eigenvalue weighted by molar-refractivity contribution is 7.90. The van der Waals surface area contributed by atoms with Crippen LogP contribution < -0.4 is 0 Å². The molecule has 2 heterocycles. The van der Waals surface area contributed by atoms with Crippen molar-refractivity contribution < 1.29 is 13.2 Å². The first kappa shape index (κ1) is 16.0. The predicted octanol–water partition coefficient (Wildman–Crippen LogP) is 2.78. The number of pyridine rings is 2. The minimum Gasteiger partial charge on any atom is -0.287 e. The lowest BCUT2D eigenvalue weighted by Gasteiger charge is -2.09. The van der Waals surface area contributed by atoms with Crippen molar-refractivity contribution >= 4 is 15.6 Å². The first-order valence-corrected chi connectivity index (χ1v) is 9.06. The first-order valence-electron chi connectivity index (χ1n) is 7.17. The van der Waals surface area contributed by atoms with Crippen molar-refractivity contribution in [3.8, 4) is 11.1 Å². The van der Waals surface area contributed by atoms with E-state index in [0.29, 0.717) is 16.8 Å². The third kappa shape index (κ3) is 3.23. The zero-order valence-corrected chi connectivity index (χ0v) is 13.7. The van der Waals surface area contributed by atoms with E-state index in [9.17, 15) is 13.2 Å². The van der Waals surface area contributed by atoms with Gasteiger partial charge in [0, 0.05) is 24.8 Å². The summed E-state index contributed by atoms with van der Waals surface area (Å²) in [5, 5.41) is 0. The molecular formula is C18H14N2O3S. The molecular weight excluding hydrogens is 324 g/mol. The second-order valence-electron chi connectivity index (χ2n) is 5.26. The number of rotatable bonds is 4. The van der Waals surface area contributed by atoms with Crippen LogP contribution in [0.3, 0.4) is 0 Å². The van der Waals surface area contributed by atoms with Crippen molar-refractivity contribution in [1.82, 2.24) is 9.97 Å². The summed E-state index contributed by atoms with van der Waals surface area (Å²) in [6.45, 7) is 0. The van der Waals surface area contributed by atoms with Gasteiger partial charge in [0.1, 0.15) is 5.69 Å². The van der Waals surface area contributed by atoms with E-state index in [1.165, 1.54) is 18.3 Å². The van der Waals surface area contributed by atoms with Gasteiger partial charge in [-0.25, -0.2) is 8.42 Å². The van der Waals surface area contributed by atoms with E-state index >= 15 is 0 Å². The summed E-state index contributed by atoms with van der Waals surface area (Å²) in [6.07, 6.45) is 5.81. The number of hydrogen-bond acceptors (Lipinski definition) is 5. The molecule has 0 amide bonds. The van der Waals surface area contributed by atoms with Crippen LogP contribution in [0.5, 0.6) is 0 Å². The fourth-order valence-corrected chi connectivity index (χ4v) is 2.97. The Balaban J connectivity index is 2.06. The summed E-state index contributed by atoms with van der Waals surface area (Å²) in [5.74, 6) is -0.231. The van der Waals surface area contributed by atoms with Crippen molar-refractivity contribution in [2.45, 2.75) is 4.90 Å². The molecule has 0 bridgehead atoms. The van der Waals surface area contributed by atoms with E-state index in [1.54, 1.807) is 48.8 Å². The molecule has 6 heteroatoms. The molecule has 0 aliphatic rings. The highest BCUT2D eigenvalue weighted by Crippen LogP contribution is 2.26. The summed E-state index contributed by atoms with van der Waals surface area (Å²) in [6, 6.07) is 13.3. The van der Waals surface area contributed by atoms with Gasteiger partial charge >= 0.3 is 0 Å². The number of benzene rings is 1. The monoisotopic (exact) mass is 338 g/mol. The SMILES string of the molecule is CS(=O)(=O)c1ccc(-c2ccncc2C(=O)c2ccccn2)cc1. The molecule has 24 heavy (non-hydrogen) atoms. The van der Waals surface area contributed by atoms with Gasteiger partial charge in [0.2, 0.25) is 5.78 Å². The molecule has 0 spiro atoms. The quantitative estimate of drug-likeness (QED) is 0.684. The molecule has 0 atom stereocenters. The molecule has 0 radical (unpaired) electrons. The van der Waals surface area contributed by atoms with Crippen molar-refractivity contribution in [3.63, 3.8) is 0 Å². The second kappa shape index (κ2) is 6.33. The van der Waals surface area contributed by atoms with E-state index in [1.807, 2.05) is 0 Å². The van der Waals surface area contributed by atoms with Crippen LogP contribution in [0.25, 0.3) is 11.1 Å². The average molecular weight is 338 g/mol. The molecule has 0 aliphatic heterocycles. The number of ketones is 1. The second-order valence-corrected chi connectivity index (χ2v) is 7.28. The van der Waals surface area contributed by atoms with Crippen molar-refractivity contribution in [2.24, 2.45) is 0 Å². The van der Waals surface area contributed by atoms with Crippen LogP contribution in [0.15, 0.2) is 72.0 Å². The maximum atomic E-state index is 12.7. The Hall–Kier alpha value is -2.86. The average Bonchev–Trinajstić information content (AvgIpc) is 2.61. The number of carbonyl (C=O) groups is 1. The van der Waals surface area contributed by atoms with E-state index in [4.69, 9.17) is 0 Å². The summed E-state index contributed by atoms with van der Waals surface area (Å²) in [5.41, 5.74) is 2.17. The number of aromatic nitrogens is 2. The molecule has 2 aromatic heterocycles. The van der Waals surface area contributed by atoms with E-state index in [-0.39, 0.29) is 10.7 Å². The fourth-order valence-electron chi connectivity index (χ4n) is 2.34. The molecule has 0 saturated carbocycles. The minimum absolute atomic E-state index is 0.231. The van der Waals surface area contributed by atoms with Gasteiger partial charge < -0.3 is 0 Å². The smallest absolute Gasteiger partial charge is 0.213 e. The van der Waals surface area contributed by atoms with Gasteiger partial charge in [-0.05, 0) is 41.5 Å². The van der Waals surface area contributed by atoms with Crippen molar-refractivity contribution in [2.75, 3.05) is 6.26 Å². The zero-order chi connectivity index (χ0) is 17.2. The molecule has 3 aromatic rings. The molecule has 0 saturated heterocycles. The van der Waals surface area contributed by atoms with Gasteiger partial charge in [0.05, 0.1) is 10.5 Å². The van der Waals surface area contributed by atoms with Crippen LogP contribution in [-0.2, 0) is 9.84 Å².